The number of aromatic nitrogens is 1. The number of anilines is 1. The molecule has 0 saturated heterocycles. The number of nitrogens with two attached hydrogens (primary N) is 1. The van der Waals surface area contributed by atoms with Crippen LogP contribution < -0.4 is 15.8 Å². The van der Waals surface area contributed by atoms with Gasteiger partial charge in [-0.25, -0.2) is 4.98 Å². The summed E-state index contributed by atoms with van der Waals surface area (Å²) in [6.45, 7) is -2.16. The van der Waals surface area contributed by atoms with Gasteiger partial charge in [0.25, 0.3) is 0 Å². The van der Waals surface area contributed by atoms with E-state index in [0.29, 0.717) is 24.3 Å². The van der Waals surface area contributed by atoms with Crippen molar-refractivity contribution < 1.29 is 13.5 Å². The summed E-state index contributed by atoms with van der Waals surface area (Å²) in [6.07, 6.45) is 4.65. The summed E-state index contributed by atoms with van der Waals surface area (Å²) in [7, 11) is 0. The van der Waals surface area contributed by atoms with Crippen molar-refractivity contribution in [2.75, 3.05) is 11.9 Å². The van der Waals surface area contributed by atoms with Crippen LogP contribution in [0.5, 0.6) is 5.75 Å². The second-order valence-electron chi connectivity index (χ2n) is 4.44. The Morgan fingerprint density at radius 3 is 2.89 bits per heavy atom. The maximum Gasteiger partial charge on any atom is 0.387 e. The summed E-state index contributed by atoms with van der Waals surface area (Å²) in [5, 5.41) is 3.29. The molecule has 4 nitrogen and oxygen atoms in total. The van der Waals surface area contributed by atoms with Crippen LogP contribution in [0.25, 0.3) is 0 Å². The minimum atomic E-state index is -2.82. The molecule has 2 rings (SSSR count). The first kappa shape index (κ1) is 13.0. The quantitative estimate of drug-likeness (QED) is 0.849. The van der Waals surface area contributed by atoms with Crippen LogP contribution in [0.15, 0.2) is 18.3 Å². The Balaban J connectivity index is 1.93. The zero-order valence-electron chi connectivity index (χ0n) is 9.98. The third-order valence-corrected chi connectivity index (χ3v) is 3.26. The van der Waals surface area contributed by atoms with Crippen molar-refractivity contribution in [3.8, 4) is 5.75 Å². The highest BCUT2D eigenvalue weighted by Gasteiger charge is 2.25. The smallest absolute Gasteiger partial charge is 0.387 e. The van der Waals surface area contributed by atoms with Gasteiger partial charge in [0.2, 0.25) is 0 Å². The van der Waals surface area contributed by atoms with E-state index < -0.39 is 6.61 Å². The first-order chi connectivity index (χ1) is 8.69. The molecule has 0 aliphatic heterocycles. The predicted octanol–water partition coefficient (Wildman–Crippen LogP) is 2.22. The number of hydrogen-bond donors (Lipinski definition) is 2. The SMILES string of the molecule is NCC1CCCC1Nc1ccc(OC(F)F)cn1. The zero-order chi connectivity index (χ0) is 13.0. The van der Waals surface area contributed by atoms with E-state index in [1.807, 2.05) is 0 Å². The highest BCUT2D eigenvalue weighted by atomic mass is 19.3. The highest BCUT2D eigenvalue weighted by molar-refractivity contribution is 5.38. The van der Waals surface area contributed by atoms with E-state index >= 15 is 0 Å². The van der Waals surface area contributed by atoms with Crippen LogP contribution in [0.3, 0.4) is 0 Å². The fourth-order valence-corrected chi connectivity index (χ4v) is 2.34. The first-order valence-corrected chi connectivity index (χ1v) is 6.06. The van der Waals surface area contributed by atoms with Gasteiger partial charge in [0.1, 0.15) is 11.6 Å². The molecule has 1 aromatic heterocycles. The van der Waals surface area contributed by atoms with Crippen LogP contribution in [0.1, 0.15) is 19.3 Å². The number of nitrogens with one attached hydrogen (secondary N) is 1. The molecule has 6 heteroatoms. The van der Waals surface area contributed by atoms with Crippen molar-refractivity contribution in [2.45, 2.75) is 31.9 Å². The van der Waals surface area contributed by atoms with E-state index in [4.69, 9.17) is 5.73 Å². The number of halogens is 2. The maximum atomic E-state index is 12.0. The molecular weight excluding hydrogens is 240 g/mol. The average molecular weight is 257 g/mol. The second kappa shape index (κ2) is 5.95. The lowest BCUT2D eigenvalue weighted by Crippen LogP contribution is -2.29. The molecular formula is C12H17F2N3O. The molecule has 1 saturated carbocycles. The van der Waals surface area contributed by atoms with Crippen LogP contribution in [0, 0.1) is 5.92 Å². The number of hydrogen-bond acceptors (Lipinski definition) is 4. The first-order valence-electron chi connectivity index (χ1n) is 6.06. The molecule has 100 valence electrons. The van der Waals surface area contributed by atoms with Gasteiger partial charge in [-0.15, -0.1) is 0 Å². The van der Waals surface area contributed by atoms with Crippen molar-refractivity contribution in [3.05, 3.63) is 18.3 Å². The van der Waals surface area contributed by atoms with Crippen LogP contribution in [-0.2, 0) is 0 Å². The molecule has 2 atom stereocenters. The molecule has 0 radical (unpaired) electrons. The fourth-order valence-electron chi connectivity index (χ4n) is 2.34. The molecule has 0 bridgehead atoms. The van der Waals surface area contributed by atoms with Gasteiger partial charge in [0.15, 0.2) is 0 Å². The summed E-state index contributed by atoms with van der Waals surface area (Å²) >= 11 is 0. The van der Waals surface area contributed by atoms with E-state index in [9.17, 15) is 8.78 Å². The van der Waals surface area contributed by atoms with Crippen molar-refractivity contribution >= 4 is 5.82 Å². The van der Waals surface area contributed by atoms with E-state index in [2.05, 4.69) is 15.0 Å². The van der Waals surface area contributed by atoms with Gasteiger partial charge in [-0.1, -0.05) is 6.42 Å². The molecule has 3 N–H and O–H groups in total. The third kappa shape index (κ3) is 3.29. The minimum absolute atomic E-state index is 0.0670. The Morgan fingerprint density at radius 2 is 2.28 bits per heavy atom. The van der Waals surface area contributed by atoms with Crippen molar-refractivity contribution in [1.29, 1.82) is 0 Å². The minimum Gasteiger partial charge on any atom is -0.433 e. The van der Waals surface area contributed by atoms with Crippen LogP contribution in [-0.4, -0.2) is 24.2 Å². The predicted molar refractivity (Wildman–Crippen MR) is 64.7 cm³/mol. The lowest BCUT2D eigenvalue weighted by molar-refractivity contribution is -0.0500. The van der Waals surface area contributed by atoms with E-state index in [0.717, 1.165) is 19.3 Å². The largest absolute Gasteiger partial charge is 0.433 e. The van der Waals surface area contributed by atoms with Crippen LogP contribution in [0.4, 0.5) is 14.6 Å². The van der Waals surface area contributed by atoms with Crippen LogP contribution >= 0.6 is 0 Å². The summed E-state index contributed by atoms with van der Waals surface area (Å²) in [5.74, 6) is 1.20. The Hall–Kier alpha value is -1.43. The molecule has 0 spiro atoms. The van der Waals surface area contributed by atoms with Gasteiger partial charge in [-0.3, -0.25) is 0 Å². The van der Waals surface area contributed by atoms with Crippen molar-refractivity contribution in [3.63, 3.8) is 0 Å². The Labute approximate surface area is 105 Å². The Kier molecular flexibility index (Phi) is 4.30. The van der Waals surface area contributed by atoms with Crippen LogP contribution in [0.2, 0.25) is 0 Å². The van der Waals surface area contributed by atoms with Gasteiger partial charge in [-0.05, 0) is 37.4 Å². The monoisotopic (exact) mass is 257 g/mol. The standard InChI is InChI=1S/C12H17F2N3O/c13-12(14)18-9-4-5-11(16-7-9)17-10-3-1-2-8(10)6-15/h4-5,7-8,10,12H,1-3,6,15H2,(H,16,17). The summed E-state index contributed by atoms with van der Waals surface area (Å²) in [5.41, 5.74) is 5.69. The summed E-state index contributed by atoms with van der Waals surface area (Å²) < 4.78 is 28.2. The van der Waals surface area contributed by atoms with Gasteiger partial charge >= 0.3 is 6.61 Å². The Morgan fingerprint density at radius 1 is 1.44 bits per heavy atom. The molecule has 2 unspecified atom stereocenters. The summed E-state index contributed by atoms with van der Waals surface area (Å²) in [6, 6.07) is 3.45. The number of ether oxygens (including phenoxy) is 1. The van der Waals surface area contributed by atoms with E-state index in [-0.39, 0.29) is 5.75 Å². The lowest BCUT2D eigenvalue weighted by Gasteiger charge is -2.20. The number of pyridine rings is 1. The lowest BCUT2D eigenvalue weighted by atomic mass is 10.0. The molecule has 18 heavy (non-hydrogen) atoms. The number of alkyl halides is 2. The van der Waals surface area contributed by atoms with Crippen molar-refractivity contribution in [1.82, 2.24) is 4.98 Å². The topological polar surface area (TPSA) is 60.2 Å². The molecule has 1 heterocycles. The number of nitrogens with zero attached hydrogens (tertiary/aromatic N) is 1. The average Bonchev–Trinajstić information content (AvgIpc) is 2.78. The van der Waals surface area contributed by atoms with Crippen molar-refractivity contribution in [2.24, 2.45) is 11.7 Å². The molecule has 0 aromatic carbocycles. The molecule has 1 aliphatic carbocycles. The Bertz CT molecular complexity index is 372. The van der Waals surface area contributed by atoms with Gasteiger partial charge in [0.05, 0.1) is 6.20 Å². The fraction of sp³-hybridized carbons (Fsp3) is 0.583. The molecule has 0 amide bonds. The molecule has 1 aliphatic rings. The van der Waals surface area contributed by atoms with E-state index in [1.54, 1.807) is 6.07 Å². The van der Waals surface area contributed by atoms with Gasteiger partial charge in [0, 0.05) is 6.04 Å². The number of rotatable bonds is 5. The van der Waals surface area contributed by atoms with E-state index in [1.165, 1.54) is 12.3 Å². The summed E-state index contributed by atoms with van der Waals surface area (Å²) in [4.78, 5) is 4.05. The van der Waals surface area contributed by atoms with Gasteiger partial charge < -0.3 is 15.8 Å². The third-order valence-electron chi connectivity index (χ3n) is 3.26. The normalized spacial score (nSPS) is 23.3. The zero-order valence-corrected chi connectivity index (χ0v) is 9.98. The molecule has 1 fully saturated rings. The van der Waals surface area contributed by atoms with Gasteiger partial charge in [-0.2, -0.15) is 8.78 Å². The second-order valence-corrected chi connectivity index (χ2v) is 4.44. The molecule has 1 aromatic rings. The highest BCUT2D eigenvalue weighted by Crippen LogP contribution is 2.27. The maximum absolute atomic E-state index is 12.0.